The van der Waals surface area contributed by atoms with Gasteiger partial charge in [0.25, 0.3) is 0 Å². The van der Waals surface area contributed by atoms with E-state index in [-0.39, 0.29) is 6.04 Å². The summed E-state index contributed by atoms with van der Waals surface area (Å²) in [4.78, 5) is 3.87. The molecule has 3 nitrogen and oxygen atoms in total. The predicted octanol–water partition coefficient (Wildman–Crippen LogP) is 0.0401. The SMILES string of the molecule is NC[C@@H](N)c1ccncc1. The summed E-state index contributed by atoms with van der Waals surface area (Å²) in [7, 11) is 0. The Bertz CT molecular complexity index is 185. The summed E-state index contributed by atoms with van der Waals surface area (Å²) in [6.45, 7) is 0.476. The first-order valence-electron chi connectivity index (χ1n) is 3.20. The highest BCUT2D eigenvalue weighted by molar-refractivity contribution is 5.14. The van der Waals surface area contributed by atoms with Crippen LogP contribution >= 0.6 is 0 Å². The van der Waals surface area contributed by atoms with Crippen molar-refractivity contribution in [3.8, 4) is 0 Å². The largest absolute Gasteiger partial charge is 0.329 e. The number of pyridine rings is 1. The van der Waals surface area contributed by atoms with Crippen LogP contribution in [-0.2, 0) is 0 Å². The smallest absolute Gasteiger partial charge is 0.0420 e. The molecule has 0 saturated heterocycles. The molecule has 0 bridgehead atoms. The van der Waals surface area contributed by atoms with Gasteiger partial charge in [-0.1, -0.05) is 0 Å². The molecule has 0 aliphatic rings. The number of hydrogen-bond acceptors (Lipinski definition) is 3. The lowest BCUT2D eigenvalue weighted by Gasteiger charge is -2.06. The lowest BCUT2D eigenvalue weighted by molar-refractivity contribution is 0.735. The zero-order valence-corrected chi connectivity index (χ0v) is 5.70. The highest BCUT2D eigenvalue weighted by atomic mass is 14.7. The lowest BCUT2D eigenvalue weighted by Crippen LogP contribution is -2.20. The van der Waals surface area contributed by atoms with Crippen molar-refractivity contribution in [3.05, 3.63) is 30.1 Å². The van der Waals surface area contributed by atoms with Crippen LogP contribution in [0.1, 0.15) is 11.6 Å². The molecule has 1 rings (SSSR count). The second kappa shape index (κ2) is 3.29. The monoisotopic (exact) mass is 137 g/mol. The van der Waals surface area contributed by atoms with Gasteiger partial charge in [0.15, 0.2) is 0 Å². The van der Waals surface area contributed by atoms with Crippen molar-refractivity contribution in [3.63, 3.8) is 0 Å². The molecule has 0 saturated carbocycles. The minimum absolute atomic E-state index is 0.0528. The molecule has 0 aromatic carbocycles. The number of nitrogens with two attached hydrogens (primary N) is 2. The molecule has 10 heavy (non-hydrogen) atoms. The average Bonchev–Trinajstić information content (AvgIpc) is 2.05. The number of aromatic nitrogens is 1. The summed E-state index contributed by atoms with van der Waals surface area (Å²) in [6, 6.07) is 3.69. The second-order valence-electron chi connectivity index (χ2n) is 2.12. The Labute approximate surface area is 60.1 Å². The summed E-state index contributed by atoms with van der Waals surface area (Å²) < 4.78 is 0. The Kier molecular flexibility index (Phi) is 2.36. The molecule has 1 aromatic rings. The minimum Gasteiger partial charge on any atom is -0.329 e. The molecule has 0 amide bonds. The van der Waals surface area contributed by atoms with Gasteiger partial charge in [-0.25, -0.2) is 0 Å². The van der Waals surface area contributed by atoms with Gasteiger partial charge in [-0.15, -0.1) is 0 Å². The first-order valence-corrected chi connectivity index (χ1v) is 3.20. The molecular weight excluding hydrogens is 126 g/mol. The van der Waals surface area contributed by atoms with E-state index in [2.05, 4.69) is 4.98 Å². The fourth-order valence-corrected chi connectivity index (χ4v) is 0.747. The summed E-state index contributed by atoms with van der Waals surface area (Å²) in [6.07, 6.45) is 3.43. The van der Waals surface area contributed by atoms with Gasteiger partial charge in [-0.2, -0.15) is 0 Å². The molecule has 0 spiro atoms. The number of hydrogen-bond donors (Lipinski definition) is 2. The number of rotatable bonds is 2. The van der Waals surface area contributed by atoms with Crippen molar-refractivity contribution in [1.82, 2.24) is 4.98 Å². The summed E-state index contributed by atoms with van der Waals surface area (Å²) in [5.41, 5.74) is 12.0. The topological polar surface area (TPSA) is 64.9 Å². The van der Waals surface area contributed by atoms with E-state index in [1.54, 1.807) is 12.4 Å². The van der Waals surface area contributed by atoms with Gasteiger partial charge < -0.3 is 11.5 Å². The van der Waals surface area contributed by atoms with E-state index in [1.165, 1.54) is 0 Å². The maximum atomic E-state index is 5.64. The summed E-state index contributed by atoms with van der Waals surface area (Å²) in [5.74, 6) is 0. The van der Waals surface area contributed by atoms with Gasteiger partial charge >= 0.3 is 0 Å². The molecule has 1 aromatic heterocycles. The van der Waals surface area contributed by atoms with Gasteiger partial charge in [-0.05, 0) is 17.7 Å². The van der Waals surface area contributed by atoms with Crippen molar-refractivity contribution in [2.45, 2.75) is 6.04 Å². The second-order valence-corrected chi connectivity index (χ2v) is 2.12. The van der Waals surface area contributed by atoms with Gasteiger partial charge in [0.05, 0.1) is 0 Å². The molecule has 3 heteroatoms. The Morgan fingerprint density at radius 3 is 2.50 bits per heavy atom. The molecular formula is C7H11N3. The van der Waals surface area contributed by atoms with Crippen LogP contribution in [0.3, 0.4) is 0 Å². The first-order chi connectivity index (χ1) is 4.84. The van der Waals surface area contributed by atoms with Gasteiger partial charge in [-0.3, -0.25) is 4.98 Å². The third-order valence-electron chi connectivity index (χ3n) is 1.39. The van der Waals surface area contributed by atoms with Crippen LogP contribution in [0, 0.1) is 0 Å². The molecule has 54 valence electrons. The van der Waals surface area contributed by atoms with Crippen molar-refractivity contribution in [1.29, 1.82) is 0 Å². The van der Waals surface area contributed by atoms with Crippen LogP contribution in [0.5, 0.6) is 0 Å². The summed E-state index contributed by atoms with van der Waals surface area (Å²) in [5, 5.41) is 0. The molecule has 0 fully saturated rings. The molecule has 0 aliphatic heterocycles. The quantitative estimate of drug-likeness (QED) is 0.605. The Balaban J connectivity index is 2.75. The lowest BCUT2D eigenvalue weighted by atomic mass is 10.1. The predicted molar refractivity (Wildman–Crippen MR) is 40.2 cm³/mol. The highest BCUT2D eigenvalue weighted by Crippen LogP contribution is 2.04. The maximum Gasteiger partial charge on any atom is 0.0420 e. The molecule has 0 aliphatic carbocycles. The van der Waals surface area contributed by atoms with E-state index in [0.717, 1.165) is 5.56 Å². The fraction of sp³-hybridized carbons (Fsp3) is 0.286. The van der Waals surface area contributed by atoms with E-state index in [1.807, 2.05) is 12.1 Å². The van der Waals surface area contributed by atoms with E-state index in [4.69, 9.17) is 11.5 Å². The Morgan fingerprint density at radius 1 is 1.40 bits per heavy atom. The van der Waals surface area contributed by atoms with Crippen molar-refractivity contribution in [2.24, 2.45) is 11.5 Å². The normalized spacial score (nSPS) is 13.0. The Hall–Kier alpha value is -0.930. The van der Waals surface area contributed by atoms with Crippen LogP contribution in [0.2, 0.25) is 0 Å². The Morgan fingerprint density at radius 2 is 2.00 bits per heavy atom. The van der Waals surface area contributed by atoms with Gasteiger partial charge in [0.1, 0.15) is 0 Å². The van der Waals surface area contributed by atoms with Crippen LogP contribution < -0.4 is 11.5 Å². The van der Waals surface area contributed by atoms with E-state index >= 15 is 0 Å². The van der Waals surface area contributed by atoms with E-state index in [9.17, 15) is 0 Å². The fourth-order valence-electron chi connectivity index (χ4n) is 0.747. The van der Waals surface area contributed by atoms with Crippen molar-refractivity contribution in [2.75, 3.05) is 6.54 Å². The van der Waals surface area contributed by atoms with E-state index < -0.39 is 0 Å². The molecule has 0 unspecified atom stereocenters. The molecule has 1 heterocycles. The molecule has 0 radical (unpaired) electrons. The highest BCUT2D eigenvalue weighted by Gasteiger charge is 1.99. The molecule has 4 N–H and O–H groups in total. The third-order valence-corrected chi connectivity index (χ3v) is 1.39. The van der Waals surface area contributed by atoms with Crippen LogP contribution in [0.4, 0.5) is 0 Å². The average molecular weight is 137 g/mol. The zero-order chi connectivity index (χ0) is 7.40. The first kappa shape index (κ1) is 7.18. The van der Waals surface area contributed by atoms with Crippen LogP contribution in [0.15, 0.2) is 24.5 Å². The minimum atomic E-state index is -0.0528. The molecule has 1 atom stereocenters. The standard InChI is InChI=1S/C7H11N3/c8-5-7(9)6-1-3-10-4-2-6/h1-4,7H,5,8-9H2/t7-/m1/s1. The zero-order valence-electron chi connectivity index (χ0n) is 5.70. The summed E-state index contributed by atoms with van der Waals surface area (Å²) >= 11 is 0. The van der Waals surface area contributed by atoms with Gasteiger partial charge in [0.2, 0.25) is 0 Å². The van der Waals surface area contributed by atoms with Crippen molar-refractivity contribution < 1.29 is 0 Å². The van der Waals surface area contributed by atoms with Crippen LogP contribution in [-0.4, -0.2) is 11.5 Å². The van der Waals surface area contributed by atoms with E-state index in [0.29, 0.717) is 6.54 Å². The number of nitrogens with zero attached hydrogens (tertiary/aromatic N) is 1. The maximum absolute atomic E-state index is 5.64. The van der Waals surface area contributed by atoms with Crippen LogP contribution in [0.25, 0.3) is 0 Å². The van der Waals surface area contributed by atoms with Gasteiger partial charge in [0, 0.05) is 25.0 Å². The third kappa shape index (κ3) is 1.52. The van der Waals surface area contributed by atoms with Crippen molar-refractivity contribution >= 4 is 0 Å².